The Balaban J connectivity index is 1.96. The van der Waals surface area contributed by atoms with Gasteiger partial charge in [0.25, 0.3) is 5.91 Å². The number of aliphatic carboxylic acids is 1. The second-order valence-electron chi connectivity index (χ2n) is 7.37. The number of para-hydroxylation sites is 1. The van der Waals surface area contributed by atoms with Crippen molar-refractivity contribution in [1.29, 1.82) is 0 Å². The fourth-order valence-electron chi connectivity index (χ4n) is 2.95. The summed E-state index contributed by atoms with van der Waals surface area (Å²) in [7, 11) is 0. The van der Waals surface area contributed by atoms with E-state index >= 15 is 0 Å². The molecule has 0 bridgehead atoms. The number of nitrogens with zero attached hydrogens (tertiary/aromatic N) is 3. The van der Waals surface area contributed by atoms with Gasteiger partial charge in [-0.2, -0.15) is 5.10 Å². The molecule has 2 heterocycles. The van der Waals surface area contributed by atoms with Gasteiger partial charge in [0.15, 0.2) is 6.10 Å². The van der Waals surface area contributed by atoms with Gasteiger partial charge < -0.3 is 14.7 Å². The molecule has 1 aliphatic rings. The Bertz CT molecular complexity index is 808. The van der Waals surface area contributed by atoms with Crippen molar-refractivity contribution in [2.45, 2.75) is 32.3 Å². The number of carboxylic acids is 1. The van der Waals surface area contributed by atoms with Crippen molar-refractivity contribution < 1.29 is 19.4 Å². The molecule has 7 heteroatoms. The summed E-state index contributed by atoms with van der Waals surface area (Å²) in [5.74, 6) is -1.27. The van der Waals surface area contributed by atoms with E-state index in [4.69, 9.17) is 9.84 Å². The van der Waals surface area contributed by atoms with Crippen LogP contribution < -0.4 is 0 Å². The minimum absolute atomic E-state index is 0.0360. The van der Waals surface area contributed by atoms with E-state index in [1.165, 1.54) is 4.90 Å². The lowest BCUT2D eigenvalue weighted by Crippen LogP contribution is -2.48. The molecule has 2 aromatic rings. The van der Waals surface area contributed by atoms with Crippen LogP contribution >= 0.6 is 0 Å². The molecule has 1 aromatic carbocycles. The van der Waals surface area contributed by atoms with Crippen molar-refractivity contribution in [3.05, 3.63) is 47.8 Å². The molecule has 138 valence electrons. The number of hydrogen-bond donors (Lipinski definition) is 1. The zero-order valence-electron chi connectivity index (χ0n) is 15.2. The van der Waals surface area contributed by atoms with Crippen molar-refractivity contribution in [3.63, 3.8) is 0 Å². The molecule has 7 nitrogen and oxygen atoms in total. The molecular formula is C19H23N3O4. The molecule has 3 rings (SSSR count). The van der Waals surface area contributed by atoms with E-state index in [0.717, 1.165) is 5.69 Å². The van der Waals surface area contributed by atoms with Gasteiger partial charge in [0.2, 0.25) is 0 Å². The number of carbonyl (C=O) groups excluding carboxylic acids is 1. The van der Waals surface area contributed by atoms with Crippen LogP contribution in [0.2, 0.25) is 0 Å². The van der Waals surface area contributed by atoms with Gasteiger partial charge in [0.1, 0.15) is 0 Å². The average molecular weight is 357 g/mol. The molecule has 1 aliphatic heterocycles. The number of aromatic nitrogens is 2. The van der Waals surface area contributed by atoms with Crippen LogP contribution in [-0.2, 0) is 14.9 Å². The Morgan fingerprint density at radius 3 is 2.54 bits per heavy atom. The summed E-state index contributed by atoms with van der Waals surface area (Å²) in [5, 5.41) is 13.8. The number of benzene rings is 1. The van der Waals surface area contributed by atoms with E-state index in [0.29, 0.717) is 17.8 Å². The molecule has 1 amide bonds. The molecule has 0 radical (unpaired) electrons. The van der Waals surface area contributed by atoms with Crippen molar-refractivity contribution in [3.8, 4) is 5.69 Å². The molecule has 1 atom stereocenters. The minimum Gasteiger partial charge on any atom is -0.479 e. The van der Waals surface area contributed by atoms with Gasteiger partial charge in [-0.3, -0.25) is 4.79 Å². The number of ether oxygens (including phenoxy) is 1. The highest BCUT2D eigenvalue weighted by atomic mass is 16.5. The summed E-state index contributed by atoms with van der Waals surface area (Å²) < 4.78 is 6.91. The SMILES string of the molecule is CC(C)(C)c1nn(-c2ccccc2)cc1C(=O)N1CCOC(C(=O)O)C1. The predicted octanol–water partition coefficient (Wildman–Crippen LogP) is 2.10. The third kappa shape index (κ3) is 3.62. The smallest absolute Gasteiger partial charge is 0.334 e. The molecule has 0 saturated carbocycles. The van der Waals surface area contributed by atoms with Gasteiger partial charge in [-0.15, -0.1) is 0 Å². The van der Waals surface area contributed by atoms with Crippen LogP contribution in [-0.4, -0.2) is 57.5 Å². The number of carbonyl (C=O) groups is 2. The van der Waals surface area contributed by atoms with Crippen LogP contribution in [0.1, 0.15) is 36.8 Å². The lowest BCUT2D eigenvalue weighted by atomic mass is 9.89. The number of hydrogen-bond acceptors (Lipinski definition) is 4. The first kappa shape index (κ1) is 18.1. The van der Waals surface area contributed by atoms with Crippen LogP contribution in [0.25, 0.3) is 5.69 Å². The lowest BCUT2D eigenvalue weighted by molar-refractivity contribution is -0.154. The second kappa shape index (κ2) is 6.92. The zero-order valence-corrected chi connectivity index (χ0v) is 15.2. The average Bonchev–Trinajstić information content (AvgIpc) is 3.08. The minimum atomic E-state index is -1.06. The molecule has 0 aliphatic carbocycles. The number of carboxylic acid groups (broad SMARTS) is 1. The van der Waals surface area contributed by atoms with E-state index in [1.54, 1.807) is 10.9 Å². The molecule has 1 saturated heterocycles. The Labute approximate surface area is 152 Å². The van der Waals surface area contributed by atoms with E-state index in [-0.39, 0.29) is 24.5 Å². The van der Waals surface area contributed by atoms with Gasteiger partial charge in [-0.25, -0.2) is 9.48 Å². The summed E-state index contributed by atoms with van der Waals surface area (Å²) in [6.07, 6.45) is 0.735. The second-order valence-corrected chi connectivity index (χ2v) is 7.37. The summed E-state index contributed by atoms with van der Waals surface area (Å²) in [6.45, 7) is 6.61. The van der Waals surface area contributed by atoms with Crippen LogP contribution in [0.4, 0.5) is 0 Å². The monoisotopic (exact) mass is 357 g/mol. The highest BCUT2D eigenvalue weighted by molar-refractivity contribution is 5.96. The normalized spacial score (nSPS) is 18.0. The summed E-state index contributed by atoms with van der Waals surface area (Å²) >= 11 is 0. The first-order valence-electron chi connectivity index (χ1n) is 8.56. The maximum atomic E-state index is 13.1. The molecule has 1 aromatic heterocycles. The maximum absolute atomic E-state index is 13.1. The van der Waals surface area contributed by atoms with Gasteiger partial charge >= 0.3 is 5.97 Å². The van der Waals surface area contributed by atoms with Crippen molar-refractivity contribution in [1.82, 2.24) is 14.7 Å². The Morgan fingerprint density at radius 2 is 1.92 bits per heavy atom. The van der Waals surface area contributed by atoms with Gasteiger partial charge in [-0.1, -0.05) is 39.0 Å². The quantitative estimate of drug-likeness (QED) is 0.909. The van der Waals surface area contributed by atoms with E-state index in [1.807, 2.05) is 51.1 Å². The van der Waals surface area contributed by atoms with Gasteiger partial charge in [0.05, 0.1) is 30.1 Å². The number of morpholine rings is 1. The predicted molar refractivity (Wildman–Crippen MR) is 95.5 cm³/mol. The highest BCUT2D eigenvalue weighted by Gasteiger charge is 2.33. The van der Waals surface area contributed by atoms with Gasteiger partial charge in [0, 0.05) is 18.2 Å². The van der Waals surface area contributed by atoms with Gasteiger partial charge in [-0.05, 0) is 12.1 Å². The van der Waals surface area contributed by atoms with E-state index in [2.05, 4.69) is 5.10 Å². The first-order valence-corrected chi connectivity index (χ1v) is 8.56. The topological polar surface area (TPSA) is 84.7 Å². The Hall–Kier alpha value is -2.67. The number of rotatable bonds is 3. The third-order valence-corrected chi connectivity index (χ3v) is 4.30. The molecule has 1 fully saturated rings. The standard InChI is InChI=1S/C19H23N3O4/c1-19(2,3)16-14(11-22(20-16)13-7-5-4-6-8-13)17(23)21-9-10-26-15(12-21)18(24)25/h4-8,11,15H,9-10,12H2,1-3H3,(H,24,25). The molecule has 1 N–H and O–H groups in total. The van der Waals surface area contributed by atoms with E-state index in [9.17, 15) is 9.59 Å². The Morgan fingerprint density at radius 1 is 1.23 bits per heavy atom. The molecule has 26 heavy (non-hydrogen) atoms. The summed E-state index contributed by atoms with van der Waals surface area (Å²) in [6, 6.07) is 9.58. The Kier molecular flexibility index (Phi) is 4.82. The summed E-state index contributed by atoms with van der Waals surface area (Å²) in [4.78, 5) is 25.8. The van der Waals surface area contributed by atoms with E-state index < -0.39 is 12.1 Å². The largest absolute Gasteiger partial charge is 0.479 e. The lowest BCUT2D eigenvalue weighted by Gasteiger charge is -2.31. The van der Waals surface area contributed by atoms with Crippen LogP contribution in [0.15, 0.2) is 36.5 Å². The highest BCUT2D eigenvalue weighted by Crippen LogP contribution is 2.27. The van der Waals surface area contributed by atoms with Crippen molar-refractivity contribution in [2.75, 3.05) is 19.7 Å². The van der Waals surface area contributed by atoms with Crippen molar-refractivity contribution in [2.24, 2.45) is 0 Å². The third-order valence-electron chi connectivity index (χ3n) is 4.30. The maximum Gasteiger partial charge on any atom is 0.334 e. The first-order chi connectivity index (χ1) is 12.3. The fraction of sp³-hybridized carbons (Fsp3) is 0.421. The summed E-state index contributed by atoms with van der Waals surface area (Å²) in [5.41, 5.74) is 1.71. The fourth-order valence-corrected chi connectivity index (χ4v) is 2.95. The molecule has 0 spiro atoms. The molecule has 1 unspecified atom stereocenters. The van der Waals surface area contributed by atoms with Crippen LogP contribution in [0, 0.1) is 0 Å². The molecular weight excluding hydrogens is 334 g/mol. The van der Waals surface area contributed by atoms with Crippen molar-refractivity contribution >= 4 is 11.9 Å². The van der Waals surface area contributed by atoms with Crippen LogP contribution in [0.5, 0.6) is 0 Å². The number of amides is 1. The zero-order chi connectivity index (χ0) is 18.9. The van der Waals surface area contributed by atoms with Crippen LogP contribution in [0.3, 0.4) is 0 Å².